The van der Waals surface area contributed by atoms with Crippen LogP contribution in [0.4, 0.5) is 5.69 Å². The van der Waals surface area contributed by atoms with E-state index in [4.69, 9.17) is 26.8 Å². The highest BCUT2D eigenvalue weighted by Gasteiger charge is 2.22. The van der Waals surface area contributed by atoms with E-state index in [9.17, 15) is 0 Å². The first-order valence-corrected chi connectivity index (χ1v) is 9.05. The van der Waals surface area contributed by atoms with Gasteiger partial charge >= 0.3 is 0 Å². The molecule has 2 aromatic carbocycles. The van der Waals surface area contributed by atoms with Crippen molar-refractivity contribution in [1.29, 1.82) is 0 Å². The van der Waals surface area contributed by atoms with Gasteiger partial charge in [0.05, 0.1) is 19.8 Å². The van der Waals surface area contributed by atoms with E-state index < -0.39 is 0 Å². The first kappa shape index (κ1) is 18.4. The number of halogens is 1. The molecular weight excluding hydrogens is 350 g/mol. The number of fused-ring (bicyclic) bond motifs is 1. The molecule has 0 saturated heterocycles. The van der Waals surface area contributed by atoms with Gasteiger partial charge in [0.15, 0.2) is 17.5 Å². The van der Waals surface area contributed by atoms with Gasteiger partial charge in [0.1, 0.15) is 0 Å². The predicted molar refractivity (Wildman–Crippen MR) is 107 cm³/mol. The van der Waals surface area contributed by atoms with Gasteiger partial charge in [0, 0.05) is 28.6 Å². The second-order valence-corrected chi connectivity index (χ2v) is 7.31. The maximum atomic E-state index is 6.31. The van der Waals surface area contributed by atoms with Gasteiger partial charge in [0.2, 0.25) is 0 Å². The van der Waals surface area contributed by atoms with Crippen LogP contribution in [-0.2, 0) is 5.41 Å². The summed E-state index contributed by atoms with van der Waals surface area (Å²) in [5.74, 6) is 1.82. The summed E-state index contributed by atoms with van der Waals surface area (Å²) in [5.41, 5.74) is 7.70. The molecule has 3 N–H and O–H groups in total. The van der Waals surface area contributed by atoms with E-state index in [1.807, 2.05) is 42.5 Å². The summed E-state index contributed by atoms with van der Waals surface area (Å²) in [5, 5.41) is 3.85. The Morgan fingerprint density at radius 2 is 1.88 bits per heavy atom. The highest BCUT2D eigenvalue weighted by molar-refractivity contribution is 6.31. The zero-order valence-electron chi connectivity index (χ0n) is 15.1. The van der Waals surface area contributed by atoms with Crippen LogP contribution in [-0.4, -0.2) is 25.7 Å². The Balaban J connectivity index is 1.69. The molecule has 0 spiro atoms. The standard InChI is InChI=1S/C20H24ClN3O2/c1-20(2,15-6-3-4-7-16(15)21)13-23-19(22)24-14-8-9-17-18(12-14)26-11-5-10-25-17/h3-4,6-9,12H,5,10-11,13H2,1-2H3,(H3,22,23,24). The van der Waals surface area contributed by atoms with Crippen molar-refractivity contribution < 1.29 is 9.47 Å². The summed E-state index contributed by atoms with van der Waals surface area (Å²) in [4.78, 5) is 4.49. The molecule has 0 unspecified atom stereocenters. The molecule has 6 heteroatoms. The van der Waals surface area contributed by atoms with Crippen molar-refractivity contribution in [1.82, 2.24) is 0 Å². The van der Waals surface area contributed by atoms with E-state index in [-0.39, 0.29) is 5.41 Å². The van der Waals surface area contributed by atoms with E-state index in [2.05, 4.69) is 24.2 Å². The van der Waals surface area contributed by atoms with Crippen molar-refractivity contribution in [3.63, 3.8) is 0 Å². The Hall–Kier alpha value is -2.40. The molecule has 1 heterocycles. The van der Waals surface area contributed by atoms with Crippen LogP contribution in [0.25, 0.3) is 0 Å². The number of nitrogens with one attached hydrogen (secondary N) is 1. The molecule has 0 saturated carbocycles. The van der Waals surface area contributed by atoms with E-state index in [0.717, 1.165) is 34.2 Å². The van der Waals surface area contributed by atoms with Crippen LogP contribution < -0.4 is 20.5 Å². The Labute approximate surface area is 159 Å². The number of guanidine groups is 1. The van der Waals surface area contributed by atoms with Gasteiger partial charge in [0.25, 0.3) is 0 Å². The van der Waals surface area contributed by atoms with Gasteiger partial charge in [-0.25, -0.2) is 0 Å². The maximum Gasteiger partial charge on any atom is 0.193 e. The fourth-order valence-electron chi connectivity index (χ4n) is 2.81. The Bertz CT molecular complexity index is 805. The highest BCUT2D eigenvalue weighted by Crippen LogP contribution is 2.32. The SMILES string of the molecule is CC(C)(CN=C(N)Nc1ccc2c(c1)OCCCO2)c1ccccc1Cl. The third-order valence-electron chi connectivity index (χ3n) is 4.27. The first-order chi connectivity index (χ1) is 12.5. The van der Waals surface area contributed by atoms with Crippen LogP contribution in [0.3, 0.4) is 0 Å². The van der Waals surface area contributed by atoms with Gasteiger partial charge in [-0.15, -0.1) is 0 Å². The lowest BCUT2D eigenvalue weighted by molar-refractivity contribution is 0.297. The number of anilines is 1. The van der Waals surface area contributed by atoms with E-state index in [1.54, 1.807) is 0 Å². The molecule has 0 radical (unpaired) electrons. The summed E-state index contributed by atoms with van der Waals surface area (Å²) >= 11 is 6.31. The molecule has 138 valence electrons. The molecular formula is C20H24ClN3O2. The second kappa shape index (κ2) is 7.87. The summed E-state index contributed by atoms with van der Waals surface area (Å²) in [7, 11) is 0. The van der Waals surface area contributed by atoms with Crippen LogP contribution >= 0.6 is 11.6 Å². The highest BCUT2D eigenvalue weighted by atomic mass is 35.5. The average molecular weight is 374 g/mol. The molecule has 0 aromatic heterocycles. The second-order valence-electron chi connectivity index (χ2n) is 6.90. The Kier molecular flexibility index (Phi) is 5.57. The zero-order valence-corrected chi connectivity index (χ0v) is 15.8. The molecule has 1 aliphatic rings. The van der Waals surface area contributed by atoms with Crippen LogP contribution in [0.5, 0.6) is 11.5 Å². The van der Waals surface area contributed by atoms with Gasteiger partial charge in [-0.1, -0.05) is 43.6 Å². The van der Waals surface area contributed by atoms with E-state index in [0.29, 0.717) is 25.7 Å². The molecule has 2 aromatic rings. The number of benzene rings is 2. The van der Waals surface area contributed by atoms with Crippen LogP contribution in [0.15, 0.2) is 47.5 Å². The number of rotatable bonds is 4. The van der Waals surface area contributed by atoms with Crippen molar-refractivity contribution in [2.75, 3.05) is 25.1 Å². The summed E-state index contributed by atoms with van der Waals surface area (Å²) in [6.07, 6.45) is 0.873. The lowest BCUT2D eigenvalue weighted by atomic mass is 9.85. The van der Waals surface area contributed by atoms with Crippen molar-refractivity contribution in [2.45, 2.75) is 25.7 Å². The fraction of sp³-hybridized carbons (Fsp3) is 0.350. The van der Waals surface area contributed by atoms with Crippen LogP contribution in [0.2, 0.25) is 5.02 Å². The molecule has 5 nitrogen and oxygen atoms in total. The molecule has 26 heavy (non-hydrogen) atoms. The fourth-order valence-corrected chi connectivity index (χ4v) is 3.20. The van der Waals surface area contributed by atoms with Gasteiger partial charge in [-0.05, 0) is 23.8 Å². The molecule has 1 aliphatic heterocycles. The molecule has 0 bridgehead atoms. The van der Waals surface area contributed by atoms with E-state index >= 15 is 0 Å². The topological polar surface area (TPSA) is 68.9 Å². The number of nitrogens with zero attached hydrogens (tertiary/aromatic N) is 1. The monoisotopic (exact) mass is 373 g/mol. The number of hydrogen-bond donors (Lipinski definition) is 2. The average Bonchev–Trinajstić information content (AvgIpc) is 2.85. The third-order valence-corrected chi connectivity index (χ3v) is 4.60. The van der Waals surface area contributed by atoms with Gasteiger partial charge < -0.3 is 20.5 Å². The largest absolute Gasteiger partial charge is 0.490 e. The summed E-state index contributed by atoms with van der Waals surface area (Å²) < 4.78 is 11.3. The molecule has 0 aliphatic carbocycles. The number of nitrogens with two attached hydrogens (primary N) is 1. The van der Waals surface area contributed by atoms with Gasteiger partial charge in [-0.2, -0.15) is 0 Å². The van der Waals surface area contributed by atoms with Crippen molar-refractivity contribution in [2.24, 2.45) is 10.7 Å². The Morgan fingerprint density at radius 1 is 1.15 bits per heavy atom. The number of ether oxygens (including phenoxy) is 2. The summed E-state index contributed by atoms with van der Waals surface area (Å²) in [6, 6.07) is 13.5. The minimum Gasteiger partial charge on any atom is -0.490 e. The van der Waals surface area contributed by atoms with E-state index in [1.165, 1.54) is 0 Å². The van der Waals surface area contributed by atoms with Crippen molar-refractivity contribution >= 4 is 23.2 Å². The lowest BCUT2D eigenvalue weighted by Crippen LogP contribution is -2.28. The van der Waals surface area contributed by atoms with Crippen LogP contribution in [0.1, 0.15) is 25.8 Å². The molecule has 0 atom stereocenters. The third kappa shape index (κ3) is 4.41. The normalized spacial score (nSPS) is 14.7. The molecule has 3 rings (SSSR count). The van der Waals surface area contributed by atoms with Crippen molar-refractivity contribution in [3.8, 4) is 11.5 Å². The molecule has 0 fully saturated rings. The first-order valence-electron chi connectivity index (χ1n) is 8.67. The quantitative estimate of drug-likeness (QED) is 0.622. The minimum atomic E-state index is -0.227. The zero-order chi connectivity index (χ0) is 18.6. The smallest absolute Gasteiger partial charge is 0.193 e. The predicted octanol–water partition coefficient (Wildman–Crippen LogP) is 4.21. The Morgan fingerprint density at radius 3 is 2.65 bits per heavy atom. The lowest BCUT2D eigenvalue weighted by Gasteiger charge is -2.24. The van der Waals surface area contributed by atoms with Gasteiger partial charge in [-0.3, -0.25) is 4.99 Å². The maximum absolute atomic E-state index is 6.31. The number of aliphatic imine (C=N–C) groups is 1. The van der Waals surface area contributed by atoms with Crippen molar-refractivity contribution in [3.05, 3.63) is 53.1 Å². The molecule has 0 amide bonds. The van der Waals surface area contributed by atoms with Crippen LogP contribution in [0, 0.1) is 0 Å². The number of hydrogen-bond acceptors (Lipinski definition) is 3. The minimum absolute atomic E-state index is 0.227. The summed E-state index contributed by atoms with van der Waals surface area (Å²) in [6.45, 7) is 6.02.